The van der Waals surface area contributed by atoms with E-state index in [0.29, 0.717) is 5.56 Å². The second kappa shape index (κ2) is 6.77. The molecule has 124 valence electrons. The third-order valence-corrected chi connectivity index (χ3v) is 3.76. The maximum absolute atomic E-state index is 12.1. The summed E-state index contributed by atoms with van der Waals surface area (Å²) in [5.74, 6) is -0.642. The van der Waals surface area contributed by atoms with E-state index in [2.05, 4.69) is 0 Å². The van der Waals surface area contributed by atoms with Gasteiger partial charge in [0.2, 0.25) is 0 Å². The van der Waals surface area contributed by atoms with Gasteiger partial charge in [-0.25, -0.2) is 4.79 Å². The van der Waals surface area contributed by atoms with Gasteiger partial charge in [0, 0.05) is 11.6 Å². The first-order valence-corrected chi connectivity index (χ1v) is 7.29. The monoisotopic (exact) mass is 329 g/mol. The van der Waals surface area contributed by atoms with Crippen LogP contribution in [0, 0.1) is 10.1 Å². The molecule has 0 bridgehead atoms. The van der Waals surface area contributed by atoms with Crippen LogP contribution in [0.2, 0.25) is 0 Å². The summed E-state index contributed by atoms with van der Waals surface area (Å²) in [5.41, 5.74) is 0.859. The van der Waals surface area contributed by atoms with E-state index < -0.39 is 29.4 Å². The first-order valence-electron chi connectivity index (χ1n) is 7.29. The van der Waals surface area contributed by atoms with Gasteiger partial charge < -0.3 is 14.2 Å². The molecule has 7 heteroatoms. The molecule has 0 amide bonds. The zero-order valence-corrected chi connectivity index (χ0v) is 12.8. The molecule has 2 aromatic rings. The van der Waals surface area contributed by atoms with Gasteiger partial charge in [-0.2, -0.15) is 0 Å². The van der Waals surface area contributed by atoms with Gasteiger partial charge in [-0.3, -0.25) is 10.1 Å². The van der Waals surface area contributed by atoms with Gasteiger partial charge in [0.25, 0.3) is 5.69 Å². The second-order valence-electron chi connectivity index (χ2n) is 5.20. The van der Waals surface area contributed by atoms with Crippen LogP contribution in [0.15, 0.2) is 54.6 Å². The molecule has 1 saturated heterocycles. The lowest BCUT2D eigenvalue weighted by atomic mass is 10.0. The maximum Gasteiger partial charge on any atom is 0.338 e. The Hall–Kier alpha value is -2.77. The van der Waals surface area contributed by atoms with Crippen LogP contribution in [0.5, 0.6) is 0 Å². The van der Waals surface area contributed by atoms with Gasteiger partial charge >= 0.3 is 5.97 Å². The number of nitrogens with zero attached hydrogens (tertiary/aromatic N) is 1. The fourth-order valence-corrected chi connectivity index (χ4v) is 2.63. The topological polar surface area (TPSA) is 87.9 Å². The summed E-state index contributed by atoms with van der Waals surface area (Å²) in [6.07, 6.45) is -2.81. The molecule has 1 aliphatic heterocycles. The Morgan fingerprint density at radius 1 is 1.08 bits per heavy atom. The lowest BCUT2D eigenvalue weighted by Gasteiger charge is -2.14. The standard InChI is InChI=1S/C17H15NO6/c1-22-16(19)15-14(12-9-5-6-10-13(12)18(20)21)23-17(24-15)11-7-3-2-4-8-11/h2-10,14-15,17H,1H3. The molecule has 0 aliphatic carbocycles. The molecule has 3 unspecified atom stereocenters. The summed E-state index contributed by atoms with van der Waals surface area (Å²) in [4.78, 5) is 22.8. The second-order valence-corrected chi connectivity index (χ2v) is 5.20. The average molecular weight is 329 g/mol. The molecule has 2 aromatic carbocycles. The van der Waals surface area contributed by atoms with Crippen molar-refractivity contribution in [3.8, 4) is 0 Å². The fourth-order valence-electron chi connectivity index (χ4n) is 2.63. The van der Waals surface area contributed by atoms with Gasteiger partial charge in [0.05, 0.1) is 17.6 Å². The third kappa shape index (κ3) is 2.99. The predicted molar refractivity (Wildman–Crippen MR) is 83.0 cm³/mol. The summed E-state index contributed by atoms with van der Waals surface area (Å²) in [6, 6.07) is 15.2. The highest BCUT2D eigenvalue weighted by Gasteiger charge is 2.45. The molecule has 3 rings (SSSR count). The van der Waals surface area contributed by atoms with Crippen molar-refractivity contribution in [3.05, 3.63) is 75.8 Å². The van der Waals surface area contributed by atoms with Crippen LogP contribution < -0.4 is 0 Å². The molecule has 24 heavy (non-hydrogen) atoms. The van der Waals surface area contributed by atoms with Crippen molar-refractivity contribution < 1.29 is 23.9 Å². The van der Waals surface area contributed by atoms with Crippen LogP contribution in [-0.4, -0.2) is 24.1 Å². The number of methoxy groups -OCH3 is 1. The van der Waals surface area contributed by atoms with Crippen LogP contribution in [0.4, 0.5) is 5.69 Å². The quantitative estimate of drug-likeness (QED) is 0.487. The Bertz CT molecular complexity index is 748. The number of ether oxygens (including phenoxy) is 3. The number of esters is 1. The number of nitro groups is 1. The van der Waals surface area contributed by atoms with E-state index in [-0.39, 0.29) is 11.3 Å². The molecular formula is C17H15NO6. The number of carbonyl (C=O) groups excluding carboxylic acids is 1. The van der Waals surface area contributed by atoms with E-state index in [9.17, 15) is 14.9 Å². The van der Waals surface area contributed by atoms with Crippen LogP contribution in [0.25, 0.3) is 0 Å². The van der Waals surface area contributed by atoms with Crippen molar-refractivity contribution in [2.75, 3.05) is 7.11 Å². The van der Waals surface area contributed by atoms with E-state index in [1.807, 2.05) is 18.2 Å². The van der Waals surface area contributed by atoms with Crippen molar-refractivity contribution in [1.82, 2.24) is 0 Å². The highest BCUT2D eigenvalue weighted by atomic mass is 16.7. The highest BCUT2D eigenvalue weighted by Crippen LogP contribution is 2.42. The van der Waals surface area contributed by atoms with E-state index in [1.54, 1.807) is 30.3 Å². The lowest BCUT2D eigenvalue weighted by molar-refractivity contribution is -0.386. The minimum Gasteiger partial charge on any atom is -0.467 e. The Morgan fingerprint density at radius 3 is 2.42 bits per heavy atom. The normalized spacial score (nSPS) is 23.0. The molecule has 3 atom stereocenters. The molecular weight excluding hydrogens is 314 g/mol. The number of hydrogen-bond acceptors (Lipinski definition) is 6. The molecule has 1 aliphatic rings. The van der Waals surface area contributed by atoms with Gasteiger partial charge in [-0.15, -0.1) is 0 Å². The molecule has 0 aromatic heterocycles. The molecule has 0 saturated carbocycles. The third-order valence-electron chi connectivity index (χ3n) is 3.76. The number of benzene rings is 2. The van der Waals surface area contributed by atoms with E-state index in [1.165, 1.54) is 13.2 Å². The maximum atomic E-state index is 12.1. The first kappa shape index (κ1) is 16.1. The van der Waals surface area contributed by atoms with Crippen LogP contribution in [0.1, 0.15) is 23.5 Å². The molecule has 7 nitrogen and oxygen atoms in total. The van der Waals surface area contributed by atoms with E-state index >= 15 is 0 Å². The summed E-state index contributed by atoms with van der Waals surface area (Å²) >= 11 is 0. The van der Waals surface area contributed by atoms with Crippen LogP contribution in [-0.2, 0) is 19.0 Å². The van der Waals surface area contributed by atoms with Crippen LogP contribution in [0.3, 0.4) is 0 Å². The smallest absolute Gasteiger partial charge is 0.338 e. The predicted octanol–water partition coefficient (Wildman–Crippen LogP) is 2.92. The molecule has 1 heterocycles. The van der Waals surface area contributed by atoms with Crippen molar-refractivity contribution >= 4 is 11.7 Å². The lowest BCUT2D eigenvalue weighted by Crippen LogP contribution is -2.27. The minimum absolute atomic E-state index is 0.131. The van der Waals surface area contributed by atoms with Gasteiger partial charge in [0.1, 0.15) is 6.10 Å². The van der Waals surface area contributed by atoms with E-state index in [4.69, 9.17) is 14.2 Å². The summed E-state index contributed by atoms with van der Waals surface area (Å²) in [5, 5.41) is 11.3. The SMILES string of the molecule is COC(=O)C1OC(c2ccccc2)OC1c1ccccc1[N+](=O)[O-]. The Labute approximate surface area is 137 Å². The van der Waals surface area contributed by atoms with Crippen molar-refractivity contribution in [2.45, 2.75) is 18.5 Å². The largest absolute Gasteiger partial charge is 0.467 e. The molecule has 0 radical (unpaired) electrons. The minimum atomic E-state index is -1.08. The Morgan fingerprint density at radius 2 is 1.75 bits per heavy atom. The van der Waals surface area contributed by atoms with Gasteiger partial charge in [-0.1, -0.05) is 42.5 Å². The zero-order chi connectivity index (χ0) is 17.1. The molecule has 1 fully saturated rings. The van der Waals surface area contributed by atoms with Crippen molar-refractivity contribution in [3.63, 3.8) is 0 Å². The fraction of sp³-hybridized carbons (Fsp3) is 0.235. The average Bonchev–Trinajstić information content (AvgIpc) is 3.07. The van der Waals surface area contributed by atoms with Crippen LogP contribution >= 0.6 is 0 Å². The van der Waals surface area contributed by atoms with Crippen molar-refractivity contribution in [1.29, 1.82) is 0 Å². The van der Waals surface area contributed by atoms with Crippen molar-refractivity contribution in [2.24, 2.45) is 0 Å². The molecule has 0 spiro atoms. The van der Waals surface area contributed by atoms with Gasteiger partial charge in [-0.05, 0) is 6.07 Å². The zero-order valence-electron chi connectivity index (χ0n) is 12.8. The van der Waals surface area contributed by atoms with E-state index in [0.717, 1.165) is 0 Å². The Kier molecular flexibility index (Phi) is 4.54. The number of hydrogen-bond donors (Lipinski definition) is 0. The Balaban J connectivity index is 1.98. The highest BCUT2D eigenvalue weighted by molar-refractivity contribution is 5.76. The number of carbonyl (C=O) groups is 1. The first-order chi connectivity index (χ1) is 11.6. The number of para-hydroxylation sites is 1. The number of nitro benzene ring substituents is 1. The molecule has 0 N–H and O–H groups in total. The summed E-state index contributed by atoms with van der Waals surface area (Å²) in [6.45, 7) is 0. The van der Waals surface area contributed by atoms with Gasteiger partial charge in [0.15, 0.2) is 12.4 Å². The number of rotatable bonds is 4. The summed E-state index contributed by atoms with van der Waals surface area (Å²) < 4.78 is 16.3. The summed E-state index contributed by atoms with van der Waals surface area (Å²) in [7, 11) is 1.23.